The molecule has 0 bridgehead atoms. The second kappa shape index (κ2) is 10.7. The summed E-state index contributed by atoms with van der Waals surface area (Å²) in [6.07, 6.45) is 6.65. The molecule has 0 saturated heterocycles. The van der Waals surface area contributed by atoms with Crippen LogP contribution in [0.4, 0.5) is 0 Å². The van der Waals surface area contributed by atoms with Crippen LogP contribution in [0.25, 0.3) is 77.2 Å². The van der Waals surface area contributed by atoms with Crippen LogP contribution < -0.4 is 0 Å². The van der Waals surface area contributed by atoms with Crippen LogP contribution in [0, 0.1) is 22.7 Å². The molecule has 0 atom stereocenters. The van der Waals surface area contributed by atoms with E-state index in [0.29, 0.717) is 0 Å². The van der Waals surface area contributed by atoms with E-state index in [4.69, 9.17) is 0 Å². The van der Waals surface area contributed by atoms with Gasteiger partial charge < -0.3 is 9.13 Å². The van der Waals surface area contributed by atoms with Crippen molar-refractivity contribution >= 4 is 43.6 Å². The molecule has 0 saturated carbocycles. The molecular weight excluding hydrogens is 592 g/mol. The minimum Gasteiger partial charge on any atom is -0.309 e. The fraction of sp³-hybridized carbons (Fsp3) is 0. The van der Waals surface area contributed by atoms with Crippen molar-refractivity contribution in [2.75, 3.05) is 0 Å². The van der Waals surface area contributed by atoms with Gasteiger partial charge in [0.25, 0.3) is 0 Å². The molecule has 4 aromatic heterocycles. The highest BCUT2D eigenvalue weighted by molar-refractivity contribution is 6.12. The van der Waals surface area contributed by atoms with Gasteiger partial charge in [-0.05, 0) is 54.1 Å². The Morgan fingerprint density at radius 2 is 0.938 bits per heavy atom. The number of hydrogen-bond donors (Lipinski definition) is 0. The highest BCUT2D eigenvalue weighted by Gasteiger charge is 2.19. The summed E-state index contributed by atoms with van der Waals surface area (Å²) in [7, 11) is 0. The Morgan fingerprint density at radius 3 is 1.52 bits per heavy atom. The summed E-state index contributed by atoms with van der Waals surface area (Å²) in [5.41, 5.74) is 9.70. The molecule has 0 N–H and O–H groups in total. The van der Waals surface area contributed by atoms with E-state index in [1.165, 1.54) is 10.8 Å². The first-order valence-corrected chi connectivity index (χ1v) is 15.3. The Bertz CT molecular complexity index is 2740. The van der Waals surface area contributed by atoms with Crippen molar-refractivity contribution in [3.05, 3.63) is 146 Å². The molecule has 0 fully saturated rings. The first-order valence-electron chi connectivity index (χ1n) is 15.3. The number of aromatic nitrogens is 6. The molecule has 48 heavy (non-hydrogen) atoms. The maximum Gasteiger partial charge on any atom is 0.232 e. The van der Waals surface area contributed by atoms with Crippen LogP contribution in [0.5, 0.6) is 0 Å². The molecule has 8 heteroatoms. The minimum atomic E-state index is 0.103. The van der Waals surface area contributed by atoms with Crippen LogP contribution in [0.3, 0.4) is 0 Å². The largest absolute Gasteiger partial charge is 0.309 e. The summed E-state index contributed by atoms with van der Waals surface area (Å²) in [6.45, 7) is 0. The topological polar surface area (TPSA) is 109 Å². The summed E-state index contributed by atoms with van der Waals surface area (Å²) in [4.78, 5) is 16.9. The van der Waals surface area contributed by atoms with Gasteiger partial charge >= 0.3 is 0 Å². The lowest BCUT2D eigenvalue weighted by Gasteiger charge is -2.16. The Morgan fingerprint density at radius 1 is 0.438 bits per heavy atom. The van der Waals surface area contributed by atoms with E-state index < -0.39 is 0 Å². The van der Waals surface area contributed by atoms with E-state index in [2.05, 4.69) is 132 Å². The highest BCUT2D eigenvalue weighted by Crippen LogP contribution is 2.40. The molecule has 0 spiro atoms. The molecule has 0 radical (unpaired) electrons. The number of nitrogens with zero attached hydrogens (tertiary/aromatic N) is 8. The number of para-hydroxylation sites is 3. The summed E-state index contributed by atoms with van der Waals surface area (Å²) in [5.74, 6) is 0.216. The lowest BCUT2D eigenvalue weighted by atomic mass is 10.00. The second-order valence-electron chi connectivity index (χ2n) is 11.5. The fourth-order valence-corrected chi connectivity index (χ4v) is 6.76. The standard InChI is InChI=1S/C40H22N8/c41-19-39-43-21-26(22-44-39)25-13-15-37(32(17-25)27-23-45-40(20-42)46-24-27)48-36-12-6-3-9-31(36)33-18-28(14-16-38(33)48)47-34-10-4-1-7-29(34)30-8-2-5-11-35(30)47/h1-18,21-24H. The van der Waals surface area contributed by atoms with Crippen LogP contribution in [-0.4, -0.2) is 29.1 Å². The second-order valence-corrected chi connectivity index (χ2v) is 11.5. The molecule has 9 rings (SSSR count). The first kappa shape index (κ1) is 27.2. The molecule has 0 unspecified atom stereocenters. The Hall–Kier alpha value is -7.16. The van der Waals surface area contributed by atoms with Gasteiger partial charge in [0, 0.05) is 68.7 Å². The summed E-state index contributed by atoms with van der Waals surface area (Å²) >= 11 is 0. The molecule has 4 heterocycles. The van der Waals surface area contributed by atoms with Crippen molar-refractivity contribution in [3.8, 4) is 45.8 Å². The van der Waals surface area contributed by atoms with E-state index in [9.17, 15) is 10.5 Å². The van der Waals surface area contributed by atoms with Gasteiger partial charge in [-0.15, -0.1) is 0 Å². The number of hydrogen-bond acceptors (Lipinski definition) is 6. The van der Waals surface area contributed by atoms with Gasteiger partial charge in [0.15, 0.2) is 0 Å². The third-order valence-corrected chi connectivity index (χ3v) is 8.88. The van der Waals surface area contributed by atoms with Crippen molar-refractivity contribution in [1.29, 1.82) is 10.5 Å². The van der Waals surface area contributed by atoms with E-state index in [1.807, 2.05) is 18.2 Å². The molecule has 0 aliphatic carbocycles. The van der Waals surface area contributed by atoms with Gasteiger partial charge in [-0.3, -0.25) is 0 Å². The molecule has 5 aromatic carbocycles. The van der Waals surface area contributed by atoms with Crippen molar-refractivity contribution in [2.24, 2.45) is 0 Å². The van der Waals surface area contributed by atoms with Gasteiger partial charge in [-0.1, -0.05) is 60.7 Å². The lowest BCUT2D eigenvalue weighted by Crippen LogP contribution is -2.00. The zero-order valence-corrected chi connectivity index (χ0v) is 25.3. The molecule has 222 valence electrons. The summed E-state index contributed by atoms with van der Waals surface area (Å²) in [5, 5.41) is 23.3. The quantitative estimate of drug-likeness (QED) is 0.197. The van der Waals surface area contributed by atoms with Crippen molar-refractivity contribution < 1.29 is 0 Å². The normalized spacial score (nSPS) is 11.3. The van der Waals surface area contributed by atoms with E-state index in [0.717, 1.165) is 66.5 Å². The molecule has 0 aliphatic rings. The van der Waals surface area contributed by atoms with Crippen molar-refractivity contribution in [1.82, 2.24) is 29.1 Å². The van der Waals surface area contributed by atoms with Gasteiger partial charge in [-0.2, -0.15) is 10.5 Å². The molecule has 0 amide bonds. The van der Waals surface area contributed by atoms with Crippen LogP contribution in [0.1, 0.15) is 11.6 Å². The van der Waals surface area contributed by atoms with Crippen LogP contribution in [0.2, 0.25) is 0 Å². The van der Waals surface area contributed by atoms with Crippen LogP contribution in [0.15, 0.2) is 134 Å². The fourth-order valence-electron chi connectivity index (χ4n) is 6.76. The average molecular weight is 615 g/mol. The third kappa shape index (κ3) is 4.14. The zero-order valence-electron chi connectivity index (χ0n) is 25.3. The smallest absolute Gasteiger partial charge is 0.232 e. The predicted molar refractivity (Wildman–Crippen MR) is 187 cm³/mol. The monoisotopic (exact) mass is 614 g/mol. The van der Waals surface area contributed by atoms with Gasteiger partial charge in [-0.25, -0.2) is 19.9 Å². The Labute approximate surface area is 274 Å². The van der Waals surface area contributed by atoms with Crippen LogP contribution in [-0.2, 0) is 0 Å². The van der Waals surface area contributed by atoms with Crippen molar-refractivity contribution in [2.45, 2.75) is 0 Å². The van der Waals surface area contributed by atoms with E-state index in [-0.39, 0.29) is 11.6 Å². The first-order chi connectivity index (χ1) is 23.7. The Kier molecular flexibility index (Phi) is 6.07. The molecule has 8 nitrogen and oxygen atoms in total. The molecular formula is C40H22N8. The number of nitriles is 2. The van der Waals surface area contributed by atoms with E-state index >= 15 is 0 Å². The van der Waals surface area contributed by atoms with Gasteiger partial charge in [0.1, 0.15) is 12.1 Å². The van der Waals surface area contributed by atoms with Crippen LogP contribution >= 0.6 is 0 Å². The summed E-state index contributed by atoms with van der Waals surface area (Å²) in [6, 6.07) is 42.3. The number of rotatable bonds is 4. The Balaban J connectivity index is 1.30. The molecule has 9 aromatic rings. The molecule has 0 aliphatic heterocycles. The third-order valence-electron chi connectivity index (χ3n) is 8.88. The minimum absolute atomic E-state index is 0.103. The number of benzene rings is 5. The average Bonchev–Trinajstić information content (AvgIpc) is 3.67. The van der Waals surface area contributed by atoms with Gasteiger partial charge in [0.2, 0.25) is 11.6 Å². The maximum absolute atomic E-state index is 9.37. The summed E-state index contributed by atoms with van der Waals surface area (Å²) < 4.78 is 4.61. The predicted octanol–water partition coefficient (Wildman–Crippen LogP) is 8.54. The van der Waals surface area contributed by atoms with Gasteiger partial charge in [0.05, 0.1) is 27.8 Å². The maximum atomic E-state index is 9.37. The number of fused-ring (bicyclic) bond motifs is 6. The lowest BCUT2D eigenvalue weighted by molar-refractivity contribution is 1.11. The van der Waals surface area contributed by atoms with E-state index in [1.54, 1.807) is 24.8 Å². The highest BCUT2D eigenvalue weighted by atomic mass is 15.0. The zero-order chi connectivity index (χ0) is 32.2. The van der Waals surface area contributed by atoms with Crippen molar-refractivity contribution in [3.63, 3.8) is 0 Å². The SMILES string of the molecule is N#Cc1ncc(-c2ccc(-n3c4ccccc4c4cc(-n5c6ccccc6c6ccccc65)ccc43)c(-c3cnc(C#N)nc3)c2)cn1.